The molecule has 126 valence electrons. The van der Waals surface area contributed by atoms with Crippen molar-refractivity contribution in [3.05, 3.63) is 23.8 Å². The minimum atomic E-state index is 0.0459. The molecule has 1 aromatic rings. The predicted molar refractivity (Wildman–Crippen MR) is 89.2 cm³/mol. The molecule has 0 bridgehead atoms. The summed E-state index contributed by atoms with van der Waals surface area (Å²) in [5.74, 6) is 1.34. The van der Waals surface area contributed by atoms with Gasteiger partial charge in [-0.15, -0.1) is 0 Å². The number of carbonyl (C=O) groups is 1. The summed E-state index contributed by atoms with van der Waals surface area (Å²) >= 11 is 0. The molecule has 0 unspecified atom stereocenters. The number of benzene rings is 1. The first-order valence-corrected chi connectivity index (χ1v) is 8.39. The van der Waals surface area contributed by atoms with Crippen LogP contribution in [0.4, 0.5) is 0 Å². The van der Waals surface area contributed by atoms with Crippen molar-refractivity contribution in [1.29, 1.82) is 0 Å². The van der Waals surface area contributed by atoms with Gasteiger partial charge in [-0.25, -0.2) is 0 Å². The number of hydrogen-bond acceptors (Lipinski definition) is 4. The molecule has 0 radical (unpaired) electrons. The molecule has 2 aliphatic heterocycles. The van der Waals surface area contributed by atoms with Crippen LogP contribution >= 0.6 is 0 Å². The fourth-order valence-corrected chi connectivity index (χ4v) is 3.79. The third kappa shape index (κ3) is 3.29. The Bertz CT molecular complexity index is 557. The normalized spacial score (nSPS) is 20.3. The summed E-state index contributed by atoms with van der Waals surface area (Å²) in [6.07, 6.45) is 4.68. The lowest BCUT2D eigenvalue weighted by atomic mass is 9.71. The maximum atomic E-state index is 12.9. The van der Waals surface area contributed by atoms with E-state index >= 15 is 0 Å². The van der Waals surface area contributed by atoms with Crippen LogP contribution in [0.25, 0.3) is 0 Å². The number of ether oxygens (including phenoxy) is 2. The fraction of sp³-hybridized carbons (Fsp3) is 0.611. The Kier molecular flexibility index (Phi) is 4.76. The number of rotatable bonds is 3. The van der Waals surface area contributed by atoms with Crippen LogP contribution in [0.1, 0.15) is 36.0 Å². The first-order chi connectivity index (χ1) is 11.2. The summed E-state index contributed by atoms with van der Waals surface area (Å²) in [7, 11) is 3.21. The Morgan fingerprint density at radius 2 is 1.78 bits per heavy atom. The lowest BCUT2D eigenvalue weighted by Crippen LogP contribution is -2.47. The summed E-state index contributed by atoms with van der Waals surface area (Å²) in [5, 5.41) is 3.43. The van der Waals surface area contributed by atoms with E-state index in [2.05, 4.69) is 5.32 Å². The van der Waals surface area contributed by atoms with Crippen molar-refractivity contribution in [2.75, 3.05) is 40.4 Å². The molecule has 5 heteroatoms. The highest BCUT2D eigenvalue weighted by molar-refractivity contribution is 5.97. The molecule has 23 heavy (non-hydrogen) atoms. The van der Waals surface area contributed by atoms with Crippen LogP contribution in [0.3, 0.4) is 0 Å². The van der Waals surface area contributed by atoms with E-state index < -0.39 is 0 Å². The maximum Gasteiger partial charge on any atom is 0.257 e. The van der Waals surface area contributed by atoms with Crippen LogP contribution in [-0.2, 0) is 0 Å². The van der Waals surface area contributed by atoms with Crippen molar-refractivity contribution in [2.45, 2.75) is 25.7 Å². The van der Waals surface area contributed by atoms with E-state index in [0.717, 1.165) is 39.0 Å². The van der Waals surface area contributed by atoms with Crippen molar-refractivity contribution < 1.29 is 14.3 Å². The van der Waals surface area contributed by atoms with Gasteiger partial charge in [0.05, 0.1) is 19.8 Å². The smallest absolute Gasteiger partial charge is 0.257 e. The first-order valence-electron chi connectivity index (χ1n) is 8.39. The van der Waals surface area contributed by atoms with Gasteiger partial charge in [0.1, 0.15) is 11.5 Å². The Balaban J connectivity index is 1.72. The highest BCUT2D eigenvalue weighted by Gasteiger charge is 2.37. The molecule has 0 atom stereocenters. The quantitative estimate of drug-likeness (QED) is 0.929. The van der Waals surface area contributed by atoms with Gasteiger partial charge < -0.3 is 19.7 Å². The summed E-state index contributed by atoms with van der Waals surface area (Å²) in [6, 6.07) is 5.39. The molecule has 1 aromatic carbocycles. The van der Waals surface area contributed by atoms with Gasteiger partial charge in [0.2, 0.25) is 0 Å². The Hall–Kier alpha value is -1.75. The van der Waals surface area contributed by atoms with Crippen LogP contribution < -0.4 is 14.8 Å². The van der Waals surface area contributed by atoms with Crippen LogP contribution in [0, 0.1) is 5.41 Å². The van der Waals surface area contributed by atoms with Gasteiger partial charge >= 0.3 is 0 Å². The number of amides is 1. The highest BCUT2D eigenvalue weighted by atomic mass is 16.5. The summed E-state index contributed by atoms with van der Waals surface area (Å²) in [6.45, 7) is 3.88. The van der Waals surface area contributed by atoms with Crippen LogP contribution in [0.5, 0.6) is 11.5 Å². The van der Waals surface area contributed by atoms with Gasteiger partial charge in [0.25, 0.3) is 5.91 Å². The monoisotopic (exact) mass is 318 g/mol. The standard InChI is InChI=1S/C18H26N2O3/c1-22-14-3-4-16(23-2)15(13-14)17(21)20-11-7-18(8-12-20)5-9-19-10-6-18/h3-4,13,19H,5-12H2,1-2H3. The minimum Gasteiger partial charge on any atom is -0.497 e. The van der Waals surface area contributed by atoms with E-state index in [1.54, 1.807) is 26.4 Å². The van der Waals surface area contributed by atoms with E-state index in [1.807, 2.05) is 11.0 Å². The predicted octanol–water partition coefficient (Wildman–Crippen LogP) is 2.31. The SMILES string of the molecule is COc1ccc(OC)c(C(=O)N2CCC3(CCNCC3)CC2)c1. The topological polar surface area (TPSA) is 50.8 Å². The van der Waals surface area contributed by atoms with Crippen molar-refractivity contribution in [2.24, 2.45) is 5.41 Å². The Labute approximate surface area is 137 Å². The first kappa shape index (κ1) is 16.1. The second-order valence-electron chi connectivity index (χ2n) is 6.61. The van der Waals surface area contributed by atoms with Crippen molar-refractivity contribution in [3.63, 3.8) is 0 Å². The molecule has 0 saturated carbocycles. The molecule has 5 nitrogen and oxygen atoms in total. The third-order valence-corrected chi connectivity index (χ3v) is 5.41. The number of likely N-dealkylation sites (tertiary alicyclic amines) is 1. The zero-order valence-corrected chi connectivity index (χ0v) is 14.1. The number of nitrogens with zero attached hydrogens (tertiary/aromatic N) is 1. The summed E-state index contributed by atoms with van der Waals surface area (Å²) in [4.78, 5) is 14.9. The average molecular weight is 318 g/mol. The van der Waals surface area contributed by atoms with Crippen molar-refractivity contribution in [3.8, 4) is 11.5 Å². The second-order valence-corrected chi connectivity index (χ2v) is 6.61. The number of methoxy groups -OCH3 is 2. The summed E-state index contributed by atoms with van der Waals surface area (Å²) < 4.78 is 10.6. The van der Waals surface area contributed by atoms with E-state index in [0.29, 0.717) is 22.5 Å². The van der Waals surface area contributed by atoms with Gasteiger partial charge in [-0.2, -0.15) is 0 Å². The molecule has 0 aromatic heterocycles. The second kappa shape index (κ2) is 6.79. The van der Waals surface area contributed by atoms with Gasteiger partial charge in [-0.05, 0) is 62.4 Å². The Morgan fingerprint density at radius 1 is 1.09 bits per heavy atom. The van der Waals surface area contributed by atoms with Gasteiger partial charge in [-0.3, -0.25) is 4.79 Å². The molecule has 2 heterocycles. The van der Waals surface area contributed by atoms with Crippen molar-refractivity contribution in [1.82, 2.24) is 10.2 Å². The molecule has 2 saturated heterocycles. The van der Waals surface area contributed by atoms with Gasteiger partial charge in [0, 0.05) is 13.1 Å². The average Bonchev–Trinajstić information content (AvgIpc) is 2.62. The molecule has 3 rings (SSSR count). The van der Waals surface area contributed by atoms with Crippen LogP contribution in [-0.4, -0.2) is 51.2 Å². The number of hydrogen-bond donors (Lipinski definition) is 1. The van der Waals surface area contributed by atoms with Crippen molar-refractivity contribution >= 4 is 5.91 Å². The van der Waals surface area contributed by atoms with Crippen LogP contribution in [0.15, 0.2) is 18.2 Å². The lowest BCUT2D eigenvalue weighted by molar-refractivity contribution is 0.0493. The lowest BCUT2D eigenvalue weighted by Gasteiger charge is -2.44. The number of nitrogens with one attached hydrogen (secondary N) is 1. The molecule has 0 aliphatic carbocycles. The zero-order chi connectivity index (χ0) is 16.3. The molecular weight excluding hydrogens is 292 g/mol. The molecular formula is C18H26N2O3. The van der Waals surface area contributed by atoms with E-state index in [1.165, 1.54) is 12.8 Å². The third-order valence-electron chi connectivity index (χ3n) is 5.41. The molecule has 1 amide bonds. The maximum absolute atomic E-state index is 12.9. The van der Waals surface area contributed by atoms with Gasteiger partial charge in [0.15, 0.2) is 0 Å². The minimum absolute atomic E-state index is 0.0459. The van der Waals surface area contributed by atoms with Crippen LogP contribution in [0.2, 0.25) is 0 Å². The van der Waals surface area contributed by atoms with E-state index in [4.69, 9.17) is 9.47 Å². The molecule has 2 fully saturated rings. The number of carbonyl (C=O) groups excluding carboxylic acids is 1. The summed E-state index contributed by atoms with van der Waals surface area (Å²) in [5.41, 5.74) is 1.04. The van der Waals surface area contributed by atoms with E-state index in [9.17, 15) is 4.79 Å². The highest BCUT2D eigenvalue weighted by Crippen LogP contribution is 2.40. The fourth-order valence-electron chi connectivity index (χ4n) is 3.79. The zero-order valence-electron chi connectivity index (χ0n) is 14.1. The van der Waals surface area contributed by atoms with Gasteiger partial charge in [-0.1, -0.05) is 0 Å². The molecule has 1 spiro atoms. The Morgan fingerprint density at radius 3 is 2.39 bits per heavy atom. The largest absolute Gasteiger partial charge is 0.497 e. The molecule has 1 N–H and O–H groups in total. The van der Waals surface area contributed by atoms with E-state index in [-0.39, 0.29) is 5.91 Å². The molecule has 2 aliphatic rings. The number of piperidine rings is 2.